The molecule has 1 N–H and O–H groups in total. The van der Waals surface area contributed by atoms with Crippen LogP contribution in [0.15, 0.2) is 103 Å². The molecule has 4 aromatic rings. The lowest BCUT2D eigenvalue weighted by molar-refractivity contribution is -0.131. The summed E-state index contributed by atoms with van der Waals surface area (Å²) in [4.78, 5) is 46.6. The van der Waals surface area contributed by atoms with E-state index >= 15 is 0 Å². The number of ketones is 2. The molecule has 0 aromatic heterocycles. The molecule has 1 amide bonds. The van der Waals surface area contributed by atoms with Crippen molar-refractivity contribution in [2.45, 2.75) is 30.5 Å². The summed E-state index contributed by atoms with van der Waals surface area (Å²) < 4.78 is 0. The number of para-hydroxylation sites is 1. The molecule has 0 bridgehead atoms. The van der Waals surface area contributed by atoms with Crippen LogP contribution in [0.5, 0.6) is 0 Å². The summed E-state index contributed by atoms with van der Waals surface area (Å²) in [6.45, 7) is 0.477. The summed E-state index contributed by atoms with van der Waals surface area (Å²) in [7, 11) is 0. The Kier molecular flexibility index (Phi) is 4.21. The largest absolute Gasteiger partial charge is 0.324 e. The molecule has 4 aromatic carbocycles. The maximum Gasteiger partial charge on any atom is 0.251 e. The molecule has 3 atom stereocenters. The van der Waals surface area contributed by atoms with E-state index in [1.54, 1.807) is 24.3 Å². The second-order valence-electron chi connectivity index (χ2n) is 10.8. The van der Waals surface area contributed by atoms with Crippen molar-refractivity contribution in [3.8, 4) is 0 Å². The topological polar surface area (TPSA) is 66.5 Å². The van der Waals surface area contributed by atoms with E-state index in [-0.39, 0.29) is 23.5 Å². The standard InChI is InChI=1S/C33H24N2O3/c36-29-23-14-6-7-15-24(23)30(37)32(29)28(20-10-2-1-3-11-20)27-18-21-12-4-5-13-22(21)19-35(27)33(32)25-16-8-9-17-26(25)34-31(33)38/h1-17,27-28H,18-19H2,(H,34,38). The van der Waals surface area contributed by atoms with Crippen LogP contribution < -0.4 is 5.32 Å². The Balaban J connectivity index is 1.52. The normalized spacial score (nSPS) is 26.3. The lowest BCUT2D eigenvalue weighted by Gasteiger charge is -2.44. The minimum Gasteiger partial charge on any atom is -0.324 e. The van der Waals surface area contributed by atoms with Crippen molar-refractivity contribution in [2.75, 3.05) is 5.32 Å². The predicted molar refractivity (Wildman–Crippen MR) is 143 cm³/mol. The van der Waals surface area contributed by atoms with Crippen molar-refractivity contribution in [3.63, 3.8) is 0 Å². The van der Waals surface area contributed by atoms with Crippen molar-refractivity contribution in [1.82, 2.24) is 4.90 Å². The van der Waals surface area contributed by atoms with E-state index in [1.165, 1.54) is 5.56 Å². The van der Waals surface area contributed by atoms with Crippen molar-refractivity contribution >= 4 is 23.2 Å². The second-order valence-corrected chi connectivity index (χ2v) is 10.8. The molecule has 2 spiro atoms. The first-order valence-electron chi connectivity index (χ1n) is 13.1. The fourth-order valence-corrected chi connectivity index (χ4v) is 8.02. The molecule has 0 radical (unpaired) electrons. The zero-order valence-corrected chi connectivity index (χ0v) is 20.6. The molecule has 8 rings (SSSR count). The van der Waals surface area contributed by atoms with Crippen LogP contribution in [0, 0.1) is 5.41 Å². The third-order valence-electron chi connectivity index (χ3n) is 9.33. The van der Waals surface area contributed by atoms with Gasteiger partial charge in [0.2, 0.25) is 0 Å². The molecule has 38 heavy (non-hydrogen) atoms. The van der Waals surface area contributed by atoms with E-state index in [9.17, 15) is 14.4 Å². The fourth-order valence-electron chi connectivity index (χ4n) is 8.02. The number of nitrogens with one attached hydrogen (secondary N) is 1. The number of carbonyl (C=O) groups excluding carboxylic acids is 3. The van der Waals surface area contributed by atoms with Gasteiger partial charge in [0.25, 0.3) is 5.91 Å². The molecular formula is C33H24N2O3. The van der Waals surface area contributed by atoms with Crippen LogP contribution in [-0.2, 0) is 23.3 Å². The predicted octanol–water partition coefficient (Wildman–Crippen LogP) is 5.12. The van der Waals surface area contributed by atoms with Gasteiger partial charge in [-0.1, -0.05) is 97.1 Å². The van der Waals surface area contributed by atoms with E-state index in [0.717, 1.165) is 11.1 Å². The summed E-state index contributed by atoms with van der Waals surface area (Å²) in [6.07, 6.45) is 0.644. The molecular weight excluding hydrogens is 472 g/mol. The van der Waals surface area contributed by atoms with Crippen molar-refractivity contribution in [2.24, 2.45) is 5.41 Å². The van der Waals surface area contributed by atoms with Gasteiger partial charge >= 0.3 is 0 Å². The summed E-state index contributed by atoms with van der Waals surface area (Å²) >= 11 is 0. The van der Waals surface area contributed by atoms with Crippen LogP contribution >= 0.6 is 0 Å². The van der Waals surface area contributed by atoms with Crippen LogP contribution in [0.25, 0.3) is 0 Å². The molecule has 3 unspecified atom stereocenters. The lowest BCUT2D eigenvalue weighted by atomic mass is 9.57. The maximum absolute atomic E-state index is 14.9. The average molecular weight is 497 g/mol. The van der Waals surface area contributed by atoms with Gasteiger partial charge in [-0.3, -0.25) is 19.3 Å². The van der Waals surface area contributed by atoms with Crippen LogP contribution in [0.3, 0.4) is 0 Å². The summed E-state index contributed by atoms with van der Waals surface area (Å²) in [5, 5.41) is 3.09. The highest BCUT2D eigenvalue weighted by Gasteiger charge is 2.81. The second kappa shape index (κ2) is 7.36. The van der Waals surface area contributed by atoms with E-state index in [0.29, 0.717) is 35.3 Å². The van der Waals surface area contributed by atoms with Gasteiger partial charge in [-0.2, -0.15) is 0 Å². The summed E-state index contributed by atoms with van der Waals surface area (Å²) in [5.74, 6) is -1.31. The first-order valence-corrected chi connectivity index (χ1v) is 13.1. The Hall–Kier alpha value is -4.35. The van der Waals surface area contributed by atoms with Gasteiger partial charge in [0.05, 0.1) is 0 Å². The Morgan fingerprint density at radius 2 is 1.29 bits per heavy atom. The number of fused-ring (bicyclic) bond motifs is 7. The molecule has 5 heteroatoms. The van der Waals surface area contributed by atoms with Crippen LogP contribution in [0.1, 0.15) is 48.9 Å². The van der Waals surface area contributed by atoms with E-state index in [1.807, 2.05) is 66.7 Å². The van der Waals surface area contributed by atoms with Gasteiger partial charge < -0.3 is 5.32 Å². The average Bonchev–Trinajstić information content (AvgIpc) is 3.49. The third kappa shape index (κ3) is 2.30. The maximum atomic E-state index is 14.9. The zero-order chi connectivity index (χ0) is 25.6. The monoisotopic (exact) mass is 496 g/mol. The molecule has 3 heterocycles. The Morgan fingerprint density at radius 1 is 0.684 bits per heavy atom. The van der Waals surface area contributed by atoms with E-state index < -0.39 is 16.9 Å². The number of amides is 1. The zero-order valence-electron chi connectivity index (χ0n) is 20.6. The lowest BCUT2D eigenvalue weighted by Crippen LogP contribution is -2.61. The highest BCUT2D eigenvalue weighted by Crippen LogP contribution is 2.69. The SMILES string of the molecule is O=C1c2ccccc2C(=O)C12C(c1ccccc1)C1Cc3ccccc3CN1C21C(=O)Nc2ccccc21. The molecule has 3 aliphatic heterocycles. The summed E-state index contributed by atoms with van der Waals surface area (Å²) in [5.41, 5.74) is 2.31. The molecule has 5 nitrogen and oxygen atoms in total. The van der Waals surface area contributed by atoms with Crippen molar-refractivity contribution < 1.29 is 14.4 Å². The van der Waals surface area contributed by atoms with Gasteiger partial charge in [-0.05, 0) is 29.2 Å². The number of rotatable bonds is 1. The smallest absolute Gasteiger partial charge is 0.251 e. The van der Waals surface area contributed by atoms with Gasteiger partial charge in [0, 0.05) is 40.9 Å². The van der Waals surface area contributed by atoms with Crippen molar-refractivity contribution in [3.05, 3.63) is 137 Å². The number of hydrogen-bond acceptors (Lipinski definition) is 4. The fraction of sp³-hybridized carbons (Fsp3) is 0.182. The first-order chi connectivity index (χ1) is 18.6. The third-order valence-corrected chi connectivity index (χ3v) is 9.33. The van der Waals surface area contributed by atoms with Gasteiger partial charge in [0.1, 0.15) is 11.0 Å². The number of nitrogens with zero attached hydrogens (tertiary/aromatic N) is 1. The summed E-state index contributed by atoms with van der Waals surface area (Å²) in [6, 6.07) is 32.5. The quantitative estimate of drug-likeness (QED) is 0.372. The number of anilines is 1. The molecule has 184 valence electrons. The first kappa shape index (κ1) is 21.7. The Bertz CT molecular complexity index is 1660. The minimum atomic E-state index is -1.64. The molecule has 1 fully saturated rings. The molecule has 1 aliphatic carbocycles. The van der Waals surface area contributed by atoms with Gasteiger partial charge in [0.15, 0.2) is 11.6 Å². The minimum absolute atomic E-state index is 0.230. The Labute approximate surface area is 220 Å². The number of hydrogen-bond donors (Lipinski definition) is 1. The number of Topliss-reactive ketones (excluding diaryl/α,β-unsaturated/α-hetero) is 2. The van der Waals surface area contributed by atoms with Gasteiger partial charge in [-0.15, -0.1) is 0 Å². The highest BCUT2D eigenvalue weighted by atomic mass is 16.2. The highest BCUT2D eigenvalue weighted by molar-refractivity contribution is 6.34. The van der Waals surface area contributed by atoms with E-state index in [4.69, 9.17) is 0 Å². The number of carbonyl (C=O) groups is 3. The van der Waals surface area contributed by atoms with Crippen molar-refractivity contribution in [1.29, 1.82) is 0 Å². The van der Waals surface area contributed by atoms with Crippen LogP contribution in [-0.4, -0.2) is 28.4 Å². The Morgan fingerprint density at radius 3 is 2.03 bits per heavy atom. The molecule has 4 aliphatic rings. The molecule has 0 saturated carbocycles. The van der Waals surface area contributed by atoms with Crippen LogP contribution in [0.2, 0.25) is 0 Å². The van der Waals surface area contributed by atoms with E-state index in [2.05, 4.69) is 22.3 Å². The number of benzene rings is 4. The van der Waals surface area contributed by atoms with Crippen LogP contribution in [0.4, 0.5) is 5.69 Å². The molecule has 1 saturated heterocycles. The van der Waals surface area contributed by atoms with Gasteiger partial charge in [-0.25, -0.2) is 0 Å².